The molecule has 158 valence electrons. The lowest BCUT2D eigenvalue weighted by Crippen LogP contribution is -2.24. The molecular formula is C23H30N6O. The largest absolute Gasteiger partial charge is 0.359 e. The molecule has 0 atom stereocenters. The minimum absolute atomic E-state index is 0.189. The first-order valence-corrected chi connectivity index (χ1v) is 10.9. The second-order valence-electron chi connectivity index (χ2n) is 8.05. The van der Waals surface area contributed by atoms with Crippen LogP contribution in [0.5, 0.6) is 0 Å². The van der Waals surface area contributed by atoms with Crippen molar-refractivity contribution in [1.29, 1.82) is 0 Å². The zero-order chi connectivity index (χ0) is 21.1. The number of aromatic amines is 1. The van der Waals surface area contributed by atoms with Gasteiger partial charge in [-0.25, -0.2) is 15.4 Å². The standard InChI is InChI=1S/C23H30N6O/c1-4-29(5-2)10-6-7-18-15(3)26-20(21(18)16-8-9-16)11-19-22(27-28-23(19)30)17-12-24-14-25-13-17/h11-14,16,26H,4-10H2,1-3H3,(H,28,30). The predicted octanol–water partition coefficient (Wildman–Crippen LogP) is 3.18. The first-order chi connectivity index (χ1) is 14.6. The molecule has 3 heterocycles. The van der Waals surface area contributed by atoms with Crippen LogP contribution in [0.4, 0.5) is 0 Å². The topological polar surface area (TPSA) is 86.3 Å². The third kappa shape index (κ3) is 4.21. The lowest BCUT2D eigenvalue weighted by Gasteiger charge is -2.17. The third-order valence-electron chi connectivity index (χ3n) is 6.06. The number of aryl methyl sites for hydroxylation is 1. The minimum Gasteiger partial charge on any atom is -0.359 e. The van der Waals surface area contributed by atoms with Gasteiger partial charge >= 0.3 is 0 Å². The number of rotatable bonds is 9. The maximum Gasteiger partial charge on any atom is 0.273 e. The van der Waals surface area contributed by atoms with Gasteiger partial charge in [-0.15, -0.1) is 0 Å². The number of hydrazone groups is 1. The maximum atomic E-state index is 12.5. The molecule has 2 aromatic heterocycles. The fourth-order valence-corrected chi connectivity index (χ4v) is 4.26. The number of amides is 1. The van der Waals surface area contributed by atoms with Crippen LogP contribution >= 0.6 is 0 Å². The van der Waals surface area contributed by atoms with Gasteiger partial charge in [0.15, 0.2) is 0 Å². The molecule has 1 aliphatic heterocycles. The number of H-pyrrole nitrogens is 1. The van der Waals surface area contributed by atoms with E-state index < -0.39 is 0 Å². The van der Waals surface area contributed by atoms with Crippen LogP contribution in [0.25, 0.3) is 6.08 Å². The Morgan fingerprint density at radius 1 is 1.20 bits per heavy atom. The second-order valence-corrected chi connectivity index (χ2v) is 8.05. The molecule has 0 radical (unpaired) electrons. The van der Waals surface area contributed by atoms with E-state index in [1.165, 1.54) is 36.0 Å². The van der Waals surface area contributed by atoms with Gasteiger partial charge in [-0.3, -0.25) is 4.79 Å². The van der Waals surface area contributed by atoms with E-state index in [0.29, 0.717) is 17.2 Å². The van der Waals surface area contributed by atoms with Gasteiger partial charge < -0.3 is 9.88 Å². The summed E-state index contributed by atoms with van der Waals surface area (Å²) in [6.07, 6.45) is 11.4. The van der Waals surface area contributed by atoms with E-state index in [0.717, 1.165) is 43.7 Å². The van der Waals surface area contributed by atoms with Crippen molar-refractivity contribution < 1.29 is 4.79 Å². The summed E-state index contributed by atoms with van der Waals surface area (Å²) in [6.45, 7) is 9.88. The molecule has 1 saturated carbocycles. The van der Waals surface area contributed by atoms with Crippen LogP contribution in [0.1, 0.15) is 67.1 Å². The Hall–Kier alpha value is -2.80. The molecule has 4 rings (SSSR count). The number of hydrogen-bond donors (Lipinski definition) is 2. The number of hydrogen-bond acceptors (Lipinski definition) is 5. The maximum absolute atomic E-state index is 12.5. The summed E-state index contributed by atoms with van der Waals surface area (Å²) in [5, 5.41) is 4.22. The van der Waals surface area contributed by atoms with E-state index in [4.69, 9.17) is 0 Å². The van der Waals surface area contributed by atoms with Crippen LogP contribution in [-0.4, -0.2) is 51.1 Å². The summed E-state index contributed by atoms with van der Waals surface area (Å²) < 4.78 is 0. The summed E-state index contributed by atoms with van der Waals surface area (Å²) in [7, 11) is 0. The molecule has 0 saturated heterocycles. The molecule has 0 spiro atoms. The first-order valence-electron chi connectivity index (χ1n) is 10.9. The zero-order valence-corrected chi connectivity index (χ0v) is 18.0. The van der Waals surface area contributed by atoms with Crippen molar-refractivity contribution in [2.24, 2.45) is 5.10 Å². The monoisotopic (exact) mass is 406 g/mol. The summed E-state index contributed by atoms with van der Waals surface area (Å²) in [4.78, 5) is 26.7. The van der Waals surface area contributed by atoms with Crippen molar-refractivity contribution >= 4 is 17.7 Å². The molecule has 2 N–H and O–H groups in total. The highest BCUT2D eigenvalue weighted by atomic mass is 16.2. The molecule has 0 unspecified atom stereocenters. The lowest BCUT2D eigenvalue weighted by molar-refractivity contribution is -0.116. The number of nitrogens with one attached hydrogen (secondary N) is 2. The molecule has 1 amide bonds. The Kier molecular flexibility index (Phi) is 6.08. The highest BCUT2D eigenvalue weighted by Gasteiger charge is 2.32. The quantitative estimate of drug-likeness (QED) is 0.626. The van der Waals surface area contributed by atoms with Crippen LogP contribution in [0.15, 0.2) is 29.4 Å². The van der Waals surface area contributed by atoms with Crippen molar-refractivity contribution in [3.8, 4) is 0 Å². The highest BCUT2D eigenvalue weighted by molar-refractivity contribution is 6.33. The number of nitrogens with zero attached hydrogens (tertiary/aromatic N) is 4. The Balaban J connectivity index is 1.63. The normalized spacial score (nSPS) is 17.7. The Morgan fingerprint density at radius 2 is 1.93 bits per heavy atom. The molecule has 2 aliphatic rings. The number of carbonyl (C=O) groups excluding carboxylic acids is 1. The number of carbonyl (C=O) groups is 1. The van der Waals surface area contributed by atoms with Gasteiger partial charge in [0.25, 0.3) is 5.91 Å². The van der Waals surface area contributed by atoms with E-state index in [2.05, 4.69) is 51.2 Å². The lowest BCUT2D eigenvalue weighted by atomic mass is 9.97. The predicted molar refractivity (Wildman–Crippen MR) is 118 cm³/mol. The Labute approximate surface area is 177 Å². The zero-order valence-electron chi connectivity index (χ0n) is 18.0. The summed E-state index contributed by atoms with van der Waals surface area (Å²) in [5.41, 5.74) is 9.55. The van der Waals surface area contributed by atoms with Gasteiger partial charge in [-0.1, -0.05) is 13.8 Å². The third-order valence-corrected chi connectivity index (χ3v) is 6.06. The minimum atomic E-state index is -0.189. The van der Waals surface area contributed by atoms with E-state index in [-0.39, 0.29) is 5.91 Å². The van der Waals surface area contributed by atoms with Crippen LogP contribution in [-0.2, 0) is 11.2 Å². The van der Waals surface area contributed by atoms with Crippen molar-refractivity contribution in [3.05, 3.63) is 52.4 Å². The van der Waals surface area contributed by atoms with E-state index in [1.807, 2.05) is 6.08 Å². The van der Waals surface area contributed by atoms with Gasteiger partial charge in [0, 0.05) is 29.3 Å². The van der Waals surface area contributed by atoms with Crippen molar-refractivity contribution in [2.45, 2.75) is 52.4 Å². The molecular weight excluding hydrogens is 376 g/mol. The van der Waals surface area contributed by atoms with Crippen LogP contribution in [0.3, 0.4) is 0 Å². The summed E-state index contributed by atoms with van der Waals surface area (Å²) in [6, 6.07) is 0. The second kappa shape index (κ2) is 8.92. The SMILES string of the molecule is CCN(CC)CCCc1c(C)[nH]c(C=C2C(=O)NN=C2c2cncnc2)c1C1CC1. The first kappa shape index (κ1) is 20.5. The molecule has 7 heteroatoms. The molecule has 1 aliphatic carbocycles. The van der Waals surface area contributed by atoms with Gasteiger partial charge in [-0.2, -0.15) is 5.10 Å². The van der Waals surface area contributed by atoms with Crippen LogP contribution < -0.4 is 5.43 Å². The summed E-state index contributed by atoms with van der Waals surface area (Å²) >= 11 is 0. The number of aromatic nitrogens is 3. The Morgan fingerprint density at radius 3 is 2.60 bits per heavy atom. The molecule has 0 aromatic carbocycles. The average Bonchev–Trinajstić information content (AvgIpc) is 3.47. The molecule has 2 aromatic rings. The van der Waals surface area contributed by atoms with Gasteiger partial charge in [0.05, 0.1) is 5.57 Å². The van der Waals surface area contributed by atoms with Crippen LogP contribution in [0.2, 0.25) is 0 Å². The molecule has 1 fully saturated rings. The smallest absolute Gasteiger partial charge is 0.273 e. The molecule has 30 heavy (non-hydrogen) atoms. The van der Waals surface area contributed by atoms with Crippen molar-refractivity contribution in [3.63, 3.8) is 0 Å². The average molecular weight is 407 g/mol. The van der Waals surface area contributed by atoms with Crippen molar-refractivity contribution in [1.82, 2.24) is 25.3 Å². The van der Waals surface area contributed by atoms with Gasteiger partial charge in [0.1, 0.15) is 12.0 Å². The van der Waals surface area contributed by atoms with Crippen molar-refractivity contribution in [2.75, 3.05) is 19.6 Å². The van der Waals surface area contributed by atoms with E-state index >= 15 is 0 Å². The molecule has 7 nitrogen and oxygen atoms in total. The fourth-order valence-electron chi connectivity index (χ4n) is 4.26. The van der Waals surface area contributed by atoms with E-state index in [9.17, 15) is 4.79 Å². The van der Waals surface area contributed by atoms with Crippen LogP contribution in [0, 0.1) is 6.92 Å². The highest BCUT2D eigenvalue weighted by Crippen LogP contribution is 2.45. The molecule has 0 bridgehead atoms. The fraction of sp³-hybridized carbons (Fsp3) is 0.478. The van der Waals surface area contributed by atoms with Gasteiger partial charge in [-0.05, 0) is 75.4 Å². The Bertz CT molecular complexity index is 967. The van der Waals surface area contributed by atoms with E-state index in [1.54, 1.807) is 12.4 Å². The summed E-state index contributed by atoms with van der Waals surface area (Å²) in [5.74, 6) is 0.404. The van der Waals surface area contributed by atoms with Gasteiger partial charge in [0.2, 0.25) is 0 Å².